The molecule has 1 amide bonds. The molecular formula is C13H12F2N2O2S. The van der Waals surface area contributed by atoms with Gasteiger partial charge in [0.15, 0.2) is 5.76 Å². The summed E-state index contributed by atoms with van der Waals surface area (Å²) < 4.78 is 30.1. The first-order valence-corrected chi connectivity index (χ1v) is 6.62. The molecule has 7 heteroatoms. The second-order valence-corrected chi connectivity index (χ2v) is 4.83. The van der Waals surface area contributed by atoms with E-state index in [-0.39, 0.29) is 12.3 Å². The van der Waals surface area contributed by atoms with Gasteiger partial charge in [-0.1, -0.05) is 23.9 Å². The molecule has 0 aliphatic carbocycles. The summed E-state index contributed by atoms with van der Waals surface area (Å²) in [6.45, 7) is 0.186. The van der Waals surface area contributed by atoms with Crippen molar-refractivity contribution in [2.45, 2.75) is 17.2 Å². The van der Waals surface area contributed by atoms with Crippen LogP contribution in [0, 0.1) is 0 Å². The van der Waals surface area contributed by atoms with Crippen LogP contribution in [-0.2, 0) is 6.54 Å². The van der Waals surface area contributed by atoms with Gasteiger partial charge in [-0.15, -0.1) is 0 Å². The van der Waals surface area contributed by atoms with Crippen LogP contribution in [0.3, 0.4) is 0 Å². The minimum atomic E-state index is -2.56. The second kappa shape index (κ2) is 6.53. The molecule has 2 rings (SSSR count). The Kier molecular flexibility index (Phi) is 4.75. The number of furan rings is 1. The molecule has 0 bridgehead atoms. The highest BCUT2D eigenvalue weighted by Gasteiger charge is 2.15. The van der Waals surface area contributed by atoms with Gasteiger partial charge in [0.05, 0.1) is 12.2 Å². The van der Waals surface area contributed by atoms with E-state index in [0.29, 0.717) is 28.1 Å². The number of alkyl halides is 2. The monoisotopic (exact) mass is 298 g/mol. The molecule has 1 aromatic carbocycles. The number of thioether (sulfide) groups is 1. The Labute approximate surface area is 118 Å². The van der Waals surface area contributed by atoms with Crippen molar-refractivity contribution in [3.05, 3.63) is 47.9 Å². The van der Waals surface area contributed by atoms with Crippen LogP contribution in [0.1, 0.15) is 16.3 Å². The molecule has 1 heterocycles. The van der Waals surface area contributed by atoms with Crippen LogP contribution in [0.25, 0.3) is 0 Å². The maximum absolute atomic E-state index is 12.4. The first-order chi connectivity index (χ1) is 9.60. The number of hydrogen-bond donors (Lipinski definition) is 2. The Balaban J connectivity index is 2.15. The van der Waals surface area contributed by atoms with E-state index < -0.39 is 11.7 Å². The number of benzene rings is 1. The van der Waals surface area contributed by atoms with Crippen LogP contribution in [0.5, 0.6) is 0 Å². The Morgan fingerprint density at radius 1 is 1.30 bits per heavy atom. The topological polar surface area (TPSA) is 68.3 Å². The zero-order chi connectivity index (χ0) is 14.5. The highest BCUT2D eigenvalue weighted by molar-refractivity contribution is 7.99. The van der Waals surface area contributed by atoms with Gasteiger partial charge in [-0.3, -0.25) is 4.79 Å². The molecule has 20 heavy (non-hydrogen) atoms. The van der Waals surface area contributed by atoms with E-state index in [1.165, 1.54) is 12.1 Å². The number of carbonyl (C=O) groups excluding carboxylic acids is 1. The maximum Gasteiger partial charge on any atom is 0.291 e. The van der Waals surface area contributed by atoms with Crippen molar-refractivity contribution in [2.75, 3.05) is 5.32 Å². The van der Waals surface area contributed by atoms with E-state index in [1.54, 1.807) is 24.3 Å². The maximum atomic E-state index is 12.4. The first kappa shape index (κ1) is 14.5. The average molecular weight is 298 g/mol. The fraction of sp³-hybridized carbons (Fsp3) is 0.154. The van der Waals surface area contributed by atoms with Gasteiger partial charge in [0.25, 0.3) is 11.7 Å². The Hall–Kier alpha value is -1.86. The number of anilines is 1. The summed E-state index contributed by atoms with van der Waals surface area (Å²) in [5.74, 6) is -2.50. The molecule has 0 saturated carbocycles. The van der Waals surface area contributed by atoms with E-state index in [0.717, 1.165) is 0 Å². The summed E-state index contributed by atoms with van der Waals surface area (Å²) in [7, 11) is 0. The molecular weight excluding hydrogens is 286 g/mol. The van der Waals surface area contributed by atoms with E-state index in [1.807, 2.05) is 0 Å². The van der Waals surface area contributed by atoms with Gasteiger partial charge in [-0.05, 0) is 24.3 Å². The lowest BCUT2D eigenvalue weighted by molar-refractivity contribution is 0.0994. The van der Waals surface area contributed by atoms with Crippen molar-refractivity contribution in [2.24, 2.45) is 5.73 Å². The van der Waals surface area contributed by atoms with E-state index in [4.69, 9.17) is 10.2 Å². The molecule has 0 fully saturated rings. The number of nitrogens with one attached hydrogen (secondary N) is 1. The van der Waals surface area contributed by atoms with Gasteiger partial charge in [-0.25, -0.2) is 0 Å². The highest BCUT2D eigenvalue weighted by atomic mass is 32.2. The third-order valence-electron chi connectivity index (χ3n) is 2.44. The largest absolute Gasteiger partial charge is 0.455 e. The summed E-state index contributed by atoms with van der Waals surface area (Å²) >= 11 is 0.373. The standard InChI is InChI=1S/C13H12F2N2O2S/c14-13(15)20-11-4-2-1-3-9(11)17-12(18)10-6-5-8(7-16)19-10/h1-6,13H,7,16H2,(H,17,18). The van der Waals surface area contributed by atoms with E-state index in [9.17, 15) is 13.6 Å². The number of hydrogen-bond acceptors (Lipinski definition) is 4. The number of nitrogens with two attached hydrogens (primary N) is 1. The lowest BCUT2D eigenvalue weighted by Crippen LogP contribution is -2.11. The normalized spacial score (nSPS) is 10.8. The Morgan fingerprint density at radius 3 is 2.70 bits per heavy atom. The van der Waals surface area contributed by atoms with Crippen molar-refractivity contribution in [1.82, 2.24) is 0 Å². The van der Waals surface area contributed by atoms with Crippen LogP contribution in [-0.4, -0.2) is 11.7 Å². The predicted octanol–water partition coefficient (Wildman–Crippen LogP) is 3.31. The fourth-order valence-corrected chi connectivity index (χ4v) is 2.16. The summed E-state index contributed by atoms with van der Waals surface area (Å²) in [5.41, 5.74) is 5.70. The fourth-order valence-electron chi connectivity index (χ4n) is 1.56. The van der Waals surface area contributed by atoms with Gasteiger partial charge >= 0.3 is 0 Å². The van der Waals surface area contributed by atoms with E-state index >= 15 is 0 Å². The van der Waals surface area contributed by atoms with Crippen molar-refractivity contribution in [3.8, 4) is 0 Å². The summed E-state index contributed by atoms with van der Waals surface area (Å²) in [6, 6.07) is 9.42. The number of para-hydroxylation sites is 1. The molecule has 4 nitrogen and oxygen atoms in total. The highest BCUT2D eigenvalue weighted by Crippen LogP contribution is 2.31. The van der Waals surface area contributed by atoms with Crippen LogP contribution < -0.4 is 11.1 Å². The zero-order valence-electron chi connectivity index (χ0n) is 10.3. The van der Waals surface area contributed by atoms with Crippen LogP contribution in [0.15, 0.2) is 45.7 Å². The second-order valence-electron chi connectivity index (χ2n) is 3.80. The molecule has 2 aromatic rings. The molecule has 3 N–H and O–H groups in total. The molecule has 1 aromatic heterocycles. The number of carbonyl (C=O) groups is 1. The summed E-state index contributed by atoms with van der Waals surface area (Å²) in [6.07, 6.45) is 0. The first-order valence-electron chi connectivity index (χ1n) is 5.74. The smallest absolute Gasteiger partial charge is 0.291 e. The van der Waals surface area contributed by atoms with Gasteiger partial charge < -0.3 is 15.5 Å². The van der Waals surface area contributed by atoms with Crippen molar-refractivity contribution < 1.29 is 18.0 Å². The molecule has 0 saturated heterocycles. The minimum Gasteiger partial charge on any atom is -0.455 e. The molecule has 0 unspecified atom stereocenters. The average Bonchev–Trinajstić information content (AvgIpc) is 2.89. The number of halogens is 2. The summed E-state index contributed by atoms with van der Waals surface area (Å²) in [4.78, 5) is 12.2. The minimum absolute atomic E-state index is 0.0855. The zero-order valence-corrected chi connectivity index (χ0v) is 11.1. The van der Waals surface area contributed by atoms with Crippen molar-refractivity contribution >= 4 is 23.4 Å². The van der Waals surface area contributed by atoms with Gasteiger partial charge in [0, 0.05) is 4.90 Å². The predicted molar refractivity (Wildman–Crippen MR) is 72.9 cm³/mol. The van der Waals surface area contributed by atoms with Crippen molar-refractivity contribution in [1.29, 1.82) is 0 Å². The van der Waals surface area contributed by atoms with Crippen LogP contribution in [0.4, 0.5) is 14.5 Å². The third-order valence-corrected chi connectivity index (χ3v) is 3.23. The Bertz CT molecular complexity index is 602. The quantitative estimate of drug-likeness (QED) is 0.831. The summed E-state index contributed by atoms with van der Waals surface area (Å²) in [5, 5.41) is 2.54. The third kappa shape index (κ3) is 3.58. The molecule has 0 aliphatic rings. The van der Waals surface area contributed by atoms with Gasteiger partial charge in [0.1, 0.15) is 5.76 Å². The molecule has 0 atom stereocenters. The van der Waals surface area contributed by atoms with Gasteiger partial charge in [-0.2, -0.15) is 8.78 Å². The van der Waals surface area contributed by atoms with Crippen LogP contribution in [0.2, 0.25) is 0 Å². The lowest BCUT2D eigenvalue weighted by atomic mass is 10.3. The van der Waals surface area contributed by atoms with Crippen molar-refractivity contribution in [3.63, 3.8) is 0 Å². The molecule has 106 valence electrons. The number of amides is 1. The van der Waals surface area contributed by atoms with E-state index in [2.05, 4.69) is 5.32 Å². The molecule has 0 aliphatic heterocycles. The van der Waals surface area contributed by atoms with Crippen LogP contribution >= 0.6 is 11.8 Å². The molecule has 0 spiro atoms. The molecule has 0 radical (unpaired) electrons. The number of rotatable bonds is 5. The van der Waals surface area contributed by atoms with Gasteiger partial charge in [0.2, 0.25) is 0 Å². The lowest BCUT2D eigenvalue weighted by Gasteiger charge is -2.09. The SMILES string of the molecule is NCc1ccc(C(=O)Nc2ccccc2SC(F)F)o1. The Morgan fingerprint density at radius 2 is 2.05 bits per heavy atom.